The van der Waals surface area contributed by atoms with Crippen LogP contribution < -0.4 is 0 Å². The summed E-state index contributed by atoms with van der Waals surface area (Å²) in [5.41, 5.74) is 0.0135. The number of hydrogen-bond acceptors (Lipinski definition) is 5. The highest BCUT2D eigenvalue weighted by atomic mass is 32.2. The van der Waals surface area contributed by atoms with Crippen molar-refractivity contribution in [2.75, 3.05) is 54.0 Å². The maximum Gasteiger partial charge on any atom is 0.281 e. The van der Waals surface area contributed by atoms with Gasteiger partial charge in [0.1, 0.15) is 0 Å². The summed E-state index contributed by atoms with van der Waals surface area (Å²) in [5, 5.41) is 0. The third kappa shape index (κ3) is 3.47. The van der Waals surface area contributed by atoms with Crippen LogP contribution >= 0.6 is 0 Å². The second-order valence-corrected chi connectivity index (χ2v) is 10.3. The van der Waals surface area contributed by atoms with E-state index in [1.165, 1.54) is 22.7 Å². The topological polar surface area (TPSA) is 88.0 Å². The molecule has 2 saturated heterocycles. The fraction of sp³-hybridized carbons (Fsp3) is 0.778. The first kappa shape index (κ1) is 21.2. The Balaban J connectivity index is 1.98. The standard InChI is InChI=1S/C18H31N5O4S/c1-14(2)22-11-16(19-13-22)15-10-23(28(25,26)20(3)4)12-18(15)6-7-21(17(18)24)8-9-27-5/h11,13-15H,6-10,12H2,1-5H3/t15-,18+/m0/s1. The zero-order valence-electron chi connectivity index (χ0n) is 17.3. The first-order valence-corrected chi connectivity index (χ1v) is 11.0. The average molecular weight is 414 g/mol. The van der Waals surface area contributed by atoms with Crippen LogP contribution in [-0.2, 0) is 19.7 Å². The van der Waals surface area contributed by atoms with Crippen LogP contribution in [0.25, 0.3) is 0 Å². The van der Waals surface area contributed by atoms with Gasteiger partial charge in [-0.05, 0) is 20.3 Å². The smallest absolute Gasteiger partial charge is 0.281 e. The number of amides is 1. The van der Waals surface area contributed by atoms with E-state index >= 15 is 0 Å². The molecule has 9 nitrogen and oxygen atoms in total. The lowest BCUT2D eigenvalue weighted by molar-refractivity contribution is -0.136. The summed E-state index contributed by atoms with van der Waals surface area (Å²) in [4.78, 5) is 19.8. The average Bonchev–Trinajstić information content (AvgIpc) is 3.33. The van der Waals surface area contributed by atoms with Crippen molar-refractivity contribution in [2.24, 2.45) is 5.41 Å². The molecule has 10 heteroatoms. The summed E-state index contributed by atoms with van der Waals surface area (Å²) in [6.07, 6.45) is 4.33. The lowest BCUT2D eigenvalue weighted by Crippen LogP contribution is -2.43. The van der Waals surface area contributed by atoms with Gasteiger partial charge in [0.25, 0.3) is 10.2 Å². The molecule has 2 atom stereocenters. The zero-order chi connectivity index (χ0) is 20.7. The van der Waals surface area contributed by atoms with Gasteiger partial charge in [-0.2, -0.15) is 17.0 Å². The van der Waals surface area contributed by atoms with Crippen molar-refractivity contribution in [3.8, 4) is 0 Å². The summed E-state index contributed by atoms with van der Waals surface area (Å²) < 4.78 is 35.4. The van der Waals surface area contributed by atoms with Crippen molar-refractivity contribution < 1.29 is 17.9 Å². The number of nitrogens with zero attached hydrogens (tertiary/aromatic N) is 5. The van der Waals surface area contributed by atoms with Crippen LogP contribution in [0.5, 0.6) is 0 Å². The van der Waals surface area contributed by atoms with Gasteiger partial charge in [0.2, 0.25) is 5.91 Å². The van der Waals surface area contributed by atoms with Crippen molar-refractivity contribution in [3.63, 3.8) is 0 Å². The fourth-order valence-electron chi connectivity index (χ4n) is 4.21. The molecule has 0 aromatic carbocycles. The Kier molecular flexibility index (Phi) is 5.86. The molecule has 28 heavy (non-hydrogen) atoms. The molecule has 0 bridgehead atoms. The number of likely N-dealkylation sites (tertiary alicyclic amines) is 1. The molecule has 0 N–H and O–H groups in total. The van der Waals surface area contributed by atoms with E-state index in [1.54, 1.807) is 18.3 Å². The summed E-state index contributed by atoms with van der Waals surface area (Å²) >= 11 is 0. The predicted octanol–water partition coefficient (Wildman–Crippen LogP) is 0.535. The second kappa shape index (κ2) is 7.74. The fourth-order valence-corrected chi connectivity index (χ4v) is 5.40. The second-order valence-electron chi connectivity index (χ2n) is 8.17. The molecule has 2 aliphatic rings. The molecular weight excluding hydrogens is 382 g/mol. The van der Waals surface area contributed by atoms with Crippen LogP contribution in [0.4, 0.5) is 0 Å². The minimum absolute atomic E-state index is 0.00473. The lowest BCUT2D eigenvalue weighted by Gasteiger charge is -2.28. The molecule has 3 heterocycles. The van der Waals surface area contributed by atoms with Crippen LogP contribution in [0.15, 0.2) is 12.5 Å². The highest BCUT2D eigenvalue weighted by Gasteiger charge is 2.59. The van der Waals surface area contributed by atoms with E-state index in [9.17, 15) is 13.2 Å². The van der Waals surface area contributed by atoms with Crippen LogP contribution in [0.3, 0.4) is 0 Å². The summed E-state index contributed by atoms with van der Waals surface area (Å²) in [6.45, 7) is 6.17. The Hall–Kier alpha value is -1.49. The van der Waals surface area contributed by atoms with Crippen molar-refractivity contribution in [1.29, 1.82) is 0 Å². The number of ether oxygens (including phenoxy) is 1. The molecule has 0 radical (unpaired) electrons. The molecule has 1 amide bonds. The summed E-state index contributed by atoms with van der Waals surface area (Å²) in [5.74, 6) is -0.257. The normalized spacial score (nSPS) is 26.5. The first-order valence-electron chi connectivity index (χ1n) is 9.62. The van der Waals surface area contributed by atoms with Gasteiger partial charge in [-0.1, -0.05) is 0 Å². The van der Waals surface area contributed by atoms with E-state index in [4.69, 9.17) is 4.74 Å². The quantitative estimate of drug-likeness (QED) is 0.651. The molecule has 2 fully saturated rings. The summed E-state index contributed by atoms with van der Waals surface area (Å²) in [6, 6.07) is 0.248. The van der Waals surface area contributed by atoms with Gasteiger partial charge in [0.05, 0.1) is 24.0 Å². The van der Waals surface area contributed by atoms with Crippen molar-refractivity contribution in [3.05, 3.63) is 18.2 Å². The lowest BCUT2D eigenvalue weighted by atomic mass is 9.75. The van der Waals surface area contributed by atoms with E-state index in [1.807, 2.05) is 10.8 Å². The van der Waals surface area contributed by atoms with E-state index in [2.05, 4.69) is 18.8 Å². The zero-order valence-corrected chi connectivity index (χ0v) is 18.1. The highest BCUT2D eigenvalue weighted by Crippen LogP contribution is 2.50. The molecule has 0 saturated carbocycles. The van der Waals surface area contributed by atoms with Gasteiger partial charge >= 0.3 is 0 Å². The van der Waals surface area contributed by atoms with Crippen molar-refractivity contribution in [1.82, 2.24) is 23.1 Å². The number of imidazole rings is 1. The minimum Gasteiger partial charge on any atom is -0.383 e. The monoisotopic (exact) mass is 413 g/mol. The van der Waals surface area contributed by atoms with Gasteiger partial charge in [0, 0.05) is 65.5 Å². The molecule has 1 aromatic rings. The van der Waals surface area contributed by atoms with E-state index in [0.29, 0.717) is 26.1 Å². The number of aromatic nitrogens is 2. The number of rotatable bonds is 7. The largest absolute Gasteiger partial charge is 0.383 e. The van der Waals surface area contributed by atoms with E-state index < -0.39 is 15.6 Å². The number of hydrogen-bond donors (Lipinski definition) is 0. The van der Waals surface area contributed by atoms with Crippen molar-refractivity contribution >= 4 is 16.1 Å². The summed E-state index contributed by atoms with van der Waals surface area (Å²) in [7, 11) is 1.03. The van der Waals surface area contributed by atoms with Crippen LogP contribution in [0.1, 0.15) is 37.9 Å². The third-order valence-corrected chi connectivity index (χ3v) is 7.83. The molecule has 1 spiro atoms. The molecule has 0 unspecified atom stereocenters. The van der Waals surface area contributed by atoms with Gasteiger partial charge < -0.3 is 14.2 Å². The Morgan fingerprint density at radius 3 is 2.68 bits per heavy atom. The number of carbonyl (C=O) groups excluding carboxylic acids is 1. The van der Waals surface area contributed by atoms with Gasteiger partial charge in [0.15, 0.2) is 0 Å². The molecule has 3 rings (SSSR count). The van der Waals surface area contributed by atoms with E-state index in [-0.39, 0.29) is 31.0 Å². The van der Waals surface area contributed by atoms with Crippen molar-refractivity contribution in [2.45, 2.75) is 32.2 Å². The Morgan fingerprint density at radius 2 is 2.11 bits per heavy atom. The van der Waals surface area contributed by atoms with E-state index in [0.717, 1.165) is 5.69 Å². The molecule has 0 aliphatic carbocycles. The van der Waals surface area contributed by atoms with Crippen LogP contribution in [0, 0.1) is 5.41 Å². The number of carbonyl (C=O) groups is 1. The molecule has 2 aliphatic heterocycles. The SMILES string of the molecule is COCCN1CC[C@]2(CN(S(=O)(=O)N(C)C)C[C@H]2c2cn(C(C)C)cn2)C1=O. The third-order valence-electron chi connectivity index (χ3n) is 5.98. The molecular formula is C18H31N5O4S. The minimum atomic E-state index is -3.61. The first-order chi connectivity index (χ1) is 13.1. The van der Waals surface area contributed by atoms with Gasteiger partial charge in [-0.15, -0.1) is 0 Å². The van der Waals surface area contributed by atoms with Crippen LogP contribution in [-0.4, -0.2) is 91.4 Å². The van der Waals surface area contributed by atoms with Crippen LogP contribution in [0.2, 0.25) is 0 Å². The Bertz CT molecular complexity index is 822. The maximum atomic E-state index is 13.4. The highest BCUT2D eigenvalue weighted by molar-refractivity contribution is 7.86. The Morgan fingerprint density at radius 1 is 1.39 bits per heavy atom. The number of methoxy groups -OCH3 is 1. The molecule has 158 valence electrons. The molecule has 1 aromatic heterocycles. The predicted molar refractivity (Wildman–Crippen MR) is 105 cm³/mol. The maximum absolute atomic E-state index is 13.4. The Labute approximate surface area is 167 Å². The van der Waals surface area contributed by atoms with Gasteiger partial charge in [-0.3, -0.25) is 4.79 Å². The van der Waals surface area contributed by atoms with Gasteiger partial charge in [-0.25, -0.2) is 4.98 Å².